The smallest absolute Gasteiger partial charge is 0.334 e. The Morgan fingerprint density at radius 3 is 1.61 bits per heavy atom. The summed E-state index contributed by atoms with van der Waals surface area (Å²) in [7, 11) is 0. The summed E-state index contributed by atoms with van der Waals surface area (Å²) in [5.41, 5.74) is 0. The quantitative estimate of drug-likeness (QED) is 0.313. The summed E-state index contributed by atoms with van der Waals surface area (Å²) in [6.07, 6.45) is 0.698. The van der Waals surface area contributed by atoms with Crippen LogP contribution >= 0.6 is 0 Å². The molecule has 0 aromatic heterocycles. The molecule has 0 aromatic rings. The van der Waals surface area contributed by atoms with Gasteiger partial charge in [0.1, 0.15) is 0 Å². The van der Waals surface area contributed by atoms with Crippen molar-refractivity contribution in [3.63, 3.8) is 0 Å². The molecule has 0 spiro atoms. The monoisotopic (exact) mass is 298 g/mol. The number of esters is 1. The van der Waals surface area contributed by atoms with Crippen molar-refractivity contribution in [3.05, 3.63) is 11.8 Å². The molecule has 0 amide bonds. The van der Waals surface area contributed by atoms with E-state index < -0.39 is 5.97 Å². The Kier molecular flexibility index (Phi) is 27.7. The zero-order valence-corrected chi connectivity index (χ0v) is 13.7. The summed E-state index contributed by atoms with van der Waals surface area (Å²) in [5.74, 6) is -0.536. The summed E-state index contributed by atoms with van der Waals surface area (Å²) in [5, 5.41) is 24.6. The second-order valence-corrected chi connectivity index (χ2v) is 3.73. The van der Waals surface area contributed by atoms with E-state index in [0.29, 0.717) is 6.61 Å². The van der Waals surface area contributed by atoms with Gasteiger partial charge in [0, 0.05) is 33.9 Å². The van der Waals surface area contributed by atoms with E-state index in [9.17, 15) is 4.79 Å². The summed E-state index contributed by atoms with van der Waals surface area (Å²) in [4.78, 5) is 10.4. The molecule has 0 aromatic carbocycles. The van der Waals surface area contributed by atoms with E-state index in [1.807, 2.05) is 0 Å². The molecular formula is C12H26O5Ti. The van der Waals surface area contributed by atoms with Crippen LogP contribution in [0.1, 0.15) is 41.5 Å². The van der Waals surface area contributed by atoms with Crippen LogP contribution in [0.3, 0.4) is 0 Å². The normalized spacial score (nSPS) is 9.56. The van der Waals surface area contributed by atoms with Gasteiger partial charge in [0.25, 0.3) is 0 Å². The first-order chi connectivity index (χ1) is 7.63. The summed E-state index contributed by atoms with van der Waals surface area (Å²) in [6.45, 7) is 10.3. The first-order valence-electron chi connectivity index (χ1n) is 5.53. The average Bonchev–Trinajstić information content (AvgIpc) is 1.99. The third-order valence-electron chi connectivity index (χ3n) is 0.613. The van der Waals surface area contributed by atoms with Crippen molar-refractivity contribution in [1.29, 1.82) is 0 Å². The molecular weight excluding hydrogens is 272 g/mol. The number of allylic oxidation sites excluding steroid dienone is 1. The predicted molar refractivity (Wildman–Crippen MR) is 67.7 cm³/mol. The maximum absolute atomic E-state index is 10.4. The van der Waals surface area contributed by atoms with Crippen molar-refractivity contribution in [2.45, 2.75) is 53.8 Å². The first kappa shape index (κ1) is 26.3. The molecule has 0 aliphatic heterocycles. The maximum atomic E-state index is 10.4. The molecule has 5 nitrogen and oxygen atoms in total. The standard InChI is InChI=1S/C6H10O3.2C3H8O.Ti/c1-3-9-6(8)4-5(2)7;2*1-3(2)4;/h4,7H,3H2,1-2H3;2*3-4H,1-2H3;. The molecule has 0 unspecified atom stereocenters. The molecule has 0 saturated heterocycles. The third-order valence-corrected chi connectivity index (χ3v) is 0.613. The number of aliphatic hydroxyl groups is 3. The van der Waals surface area contributed by atoms with Crippen LogP contribution in [0.5, 0.6) is 0 Å². The number of carbonyl (C=O) groups excluding carboxylic acids is 1. The van der Waals surface area contributed by atoms with E-state index in [1.54, 1.807) is 34.6 Å². The minimum atomic E-state index is -0.502. The van der Waals surface area contributed by atoms with Crippen LogP contribution in [0.25, 0.3) is 0 Å². The van der Waals surface area contributed by atoms with Crippen molar-refractivity contribution >= 4 is 5.97 Å². The van der Waals surface area contributed by atoms with Gasteiger partial charge in [-0.15, -0.1) is 0 Å². The third kappa shape index (κ3) is 76.0. The zero-order chi connectivity index (χ0) is 14.4. The summed E-state index contributed by atoms with van der Waals surface area (Å²) in [6, 6.07) is 0. The Balaban J connectivity index is -0.0000000922. The number of aliphatic hydroxyl groups excluding tert-OH is 3. The van der Waals surface area contributed by atoms with Crippen molar-refractivity contribution < 1.29 is 46.6 Å². The number of carbonyl (C=O) groups is 1. The van der Waals surface area contributed by atoms with Gasteiger partial charge in [0.2, 0.25) is 0 Å². The van der Waals surface area contributed by atoms with Crippen LogP contribution in [0.2, 0.25) is 0 Å². The molecule has 3 N–H and O–H groups in total. The Labute approximate surface area is 125 Å². The molecule has 0 atom stereocenters. The van der Waals surface area contributed by atoms with Gasteiger partial charge in [-0.05, 0) is 41.5 Å². The van der Waals surface area contributed by atoms with Gasteiger partial charge in [-0.25, -0.2) is 4.79 Å². The number of rotatable bonds is 2. The molecule has 0 bridgehead atoms. The molecule has 108 valence electrons. The minimum absolute atomic E-state index is 0. The Hall–Kier alpha value is -0.356. The zero-order valence-electron chi connectivity index (χ0n) is 12.1. The van der Waals surface area contributed by atoms with Crippen molar-refractivity contribution in [2.24, 2.45) is 0 Å². The van der Waals surface area contributed by atoms with Crippen molar-refractivity contribution in [3.8, 4) is 0 Å². The maximum Gasteiger partial charge on any atom is 0.334 e. The van der Waals surface area contributed by atoms with Gasteiger partial charge < -0.3 is 20.1 Å². The molecule has 0 aliphatic carbocycles. The van der Waals surface area contributed by atoms with Crippen molar-refractivity contribution in [2.75, 3.05) is 6.61 Å². The number of ether oxygens (including phenoxy) is 1. The second-order valence-electron chi connectivity index (χ2n) is 3.73. The van der Waals surface area contributed by atoms with E-state index in [4.69, 9.17) is 15.3 Å². The van der Waals surface area contributed by atoms with Crippen LogP contribution in [-0.2, 0) is 31.2 Å². The predicted octanol–water partition coefficient (Wildman–Crippen LogP) is 1.78. The van der Waals surface area contributed by atoms with Gasteiger partial charge in [-0.3, -0.25) is 0 Å². The molecule has 0 radical (unpaired) electrons. The molecule has 0 saturated carbocycles. The molecule has 6 heteroatoms. The Morgan fingerprint density at radius 2 is 1.44 bits per heavy atom. The minimum Gasteiger partial charge on any atom is -0.512 e. The van der Waals surface area contributed by atoms with Gasteiger partial charge in [0.05, 0.1) is 18.4 Å². The average molecular weight is 298 g/mol. The summed E-state index contributed by atoms with van der Waals surface area (Å²) >= 11 is 0. The van der Waals surface area contributed by atoms with Gasteiger partial charge in [-0.1, -0.05) is 0 Å². The first-order valence-corrected chi connectivity index (χ1v) is 5.53. The number of hydrogen-bond acceptors (Lipinski definition) is 5. The van der Waals surface area contributed by atoms with Crippen LogP contribution in [0.15, 0.2) is 11.8 Å². The van der Waals surface area contributed by atoms with Gasteiger partial charge in [-0.2, -0.15) is 0 Å². The molecule has 0 heterocycles. The summed E-state index contributed by atoms with van der Waals surface area (Å²) < 4.78 is 4.48. The van der Waals surface area contributed by atoms with Crippen LogP contribution < -0.4 is 0 Å². The fourth-order valence-electron chi connectivity index (χ4n) is 0.354. The van der Waals surface area contributed by atoms with Crippen LogP contribution in [0, 0.1) is 0 Å². The number of hydrogen-bond donors (Lipinski definition) is 3. The van der Waals surface area contributed by atoms with Crippen LogP contribution in [0.4, 0.5) is 0 Å². The fraction of sp³-hybridized carbons (Fsp3) is 0.750. The fourth-order valence-corrected chi connectivity index (χ4v) is 0.354. The molecule has 0 fully saturated rings. The van der Waals surface area contributed by atoms with E-state index in [-0.39, 0.29) is 39.7 Å². The molecule has 18 heavy (non-hydrogen) atoms. The van der Waals surface area contributed by atoms with E-state index in [2.05, 4.69) is 4.74 Å². The topological polar surface area (TPSA) is 87.0 Å². The van der Waals surface area contributed by atoms with E-state index >= 15 is 0 Å². The SMILES string of the molecule is CC(C)O.CC(C)O.CCOC(=O)C=C(C)O.[Ti]. The Bertz CT molecular complexity index is 187. The van der Waals surface area contributed by atoms with E-state index in [0.717, 1.165) is 6.08 Å². The molecule has 0 aliphatic rings. The Morgan fingerprint density at radius 1 is 1.17 bits per heavy atom. The van der Waals surface area contributed by atoms with E-state index in [1.165, 1.54) is 6.92 Å². The van der Waals surface area contributed by atoms with Gasteiger partial charge in [0.15, 0.2) is 0 Å². The van der Waals surface area contributed by atoms with Crippen LogP contribution in [-0.4, -0.2) is 40.1 Å². The molecule has 0 rings (SSSR count). The van der Waals surface area contributed by atoms with Crippen molar-refractivity contribution in [1.82, 2.24) is 0 Å². The second kappa shape index (κ2) is 19.0. The van der Waals surface area contributed by atoms with Gasteiger partial charge >= 0.3 is 5.97 Å². The largest absolute Gasteiger partial charge is 0.512 e.